The molecule has 7 rings (SSSR count). The van der Waals surface area contributed by atoms with Gasteiger partial charge in [-0.05, 0) is 70.4 Å². The number of hydrogen-bond donors (Lipinski definition) is 0. The molecule has 0 fully saturated rings. The predicted molar refractivity (Wildman–Crippen MR) is 219 cm³/mol. The maximum atomic E-state index is 8.81. The van der Waals surface area contributed by atoms with Gasteiger partial charge in [-0.2, -0.15) is 0 Å². The first kappa shape index (κ1) is 34.9. The topological polar surface area (TPSA) is 38.9 Å². The smallest absolute Gasteiger partial charge is 0.121 e. The van der Waals surface area contributed by atoms with Crippen LogP contribution in [-0.4, -0.2) is 18.0 Å². The molecule has 0 N–H and O–H groups in total. The van der Waals surface area contributed by atoms with Crippen LogP contribution in [0.25, 0.3) is 55.6 Å². The Balaban J connectivity index is 0.000000217. The van der Waals surface area contributed by atoms with Crippen LogP contribution in [0.3, 0.4) is 0 Å². The molecule has 0 aliphatic carbocycles. The molecule has 4 aromatic carbocycles. The van der Waals surface area contributed by atoms with Crippen molar-refractivity contribution in [3.8, 4) is 33.6 Å². The maximum absolute atomic E-state index is 8.81. The monoisotopic (exact) mass is 882 g/mol. The van der Waals surface area contributed by atoms with Gasteiger partial charge in [0.25, 0.3) is 0 Å². The molecule has 0 amide bonds. The molecule has 0 atom stereocenters. The number of fused-ring (bicyclic) bond motifs is 3. The van der Waals surface area contributed by atoms with Crippen LogP contribution in [0.2, 0.25) is 19.6 Å². The minimum Gasteiger partial charge on any atom is -0.501 e. The molecule has 0 saturated carbocycles. The molecule has 5 heteroatoms. The van der Waals surface area contributed by atoms with Gasteiger partial charge < -0.3 is 14.4 Å². The van der Waals surface area contributed by atoms with Crippen molar-refractivity contribution >= 4 is 35.2 Å². The molecule has 269 valence electrons. The summed E-state index contributed by atoms with van der Waals surface area (Å²) in [4.78, 5) is 9.21. The van der Waals surface area contributed by atoms with Crippen LogP contribution in [0.5, 0.6) is 0 Å². The van der Waals surface area contributed by atoms with E-state index >= 15 is 0 Å². The molecule has 0 aliphatic rings. The normalized spacial score (nSPS) is 13.0. The summed E-state index contributed by atoms with van der Waals surface area (Å²) in [6.45, 7) is 16.7. The third-order valence-corrected chi connectivity index (χ3v) is 11.0. The van der Waals surface area contributed by atoms with Gasteiger partial charge in [-0.1, -0.05) is 131 Å². The first-order valence-corrected chi connectivity index (χ1v) is 21.4. The van der Waals surface area contributed by atoms with Gasteiger partial charge in [-0.15, -0.1) is 54.1 Å². The summed E-state index contributed by atoms with van der Waals surface area (Å²) in [5.74, 6) is -0.607. The Kier molecular flexibility index (Phi) is 11.2. The first-order chi connectivity index (χ1) is 25.6. The summed E-state index contributed by atoms with van der Waals surface area (Å²) < 4.78 is 32.7. The zero-order chi connectivity index (χ0) is 38.9. The largest absolute Gasteiger partial charge is 0.501 e. The van der Waals surface area contributed by atoms with Crippen molar-refractivity contribution in [3.05, 3.63) is 139 Å². The Labute approximate surface area is 329 Å². The van der Waals surface area contributed by atoms with E-state index in [0.717, 1.165) is 84.7 Å². The molecule has 0 spiro atoms. The third-order valence-electron chi connectivity index (χ3n) is 9.02. The van der Waals surface area contributed by atoms with Crippen molar-refractivity contribution in [2.75, 3.05) is 0 Å². The second-order valence-electron chi connectivity index (χ2n) is 15.0. The quantitative estimate of drug-likeness (QED) is 0.113. The van der Waals surface area contributed by atoms with Crippen LogP contribution in [0, 0.1) is 17.5 Å². The van der Waals surface area contributed by atoms with E-state index < -0.39 is 25.8 Å². The Morgan fingerprint density at radius 1 is 0.788 bits per heavy atom. The fourth-order valence-corrected chi connectivity index (χ4v) is 7.84. The van der Waals surface area contributed by atoms with E-state index in [9.17, 15) is 0 Å². The number of aromatic nitrogens is 2. The molecule has 0 unspecified atom stereocenters. The Hall–Kier alpha value is -4.15. The van der Waals surface area contributed by atoms with Crippen LogP contribution in [0.1, 0.15) is 68.6 Å². The van der Waals surface area contributed by atoms with Gasteiger partial charge in [0, 0.05) is 42.0 Å². The maximum Gasteiger partial charge on any atom is 0.121 e. The van der Waals surface area contributed by atoms with Crippen molar-refractivity contribution in [2.45, 2.75) is 79.4 Å². The van der Waals surface area contributed by atoms with Gasteiger partial charge in [0.1, 0.15) is 5.58 Å². The summed E-state index contributed by atoms with van der Waals surface area (Å²) >= 11 is 0. The molecule has 0 saturated heterocycles. The van der Waals surface area contributed by atoms with Crippen molar-refractivity contribution in [1.82, 2.24) is 9.97 Å². The molecule has 3 aromatic heterocycles. The molecule has 7 aromatic rings. The predicted octanol–water partition coefficient (Wildman–Crippen LogP) is 12.7. The van der Waals surface area contributed by atoms with E-state index in [1.165, 1.54) is 0 Å². The molecule has 52 heavy (non-hydrogen) atoms. The molecule has 3 nitrogen and oxygen atoms in total. The summed E-state index contributed by atoms with van der Waals surface area (Å²) in [7, 11) is -1.70. The molecular formula is C47H50IrN2OSi-2. The number of pyridine rings is 2. The molecule has 1 radical (unpaired) electrons. The Morgan fingerprint density at radius 2 is 1.54 bits per heavy atom. The first-order valence-electron chi connectivity index (χ1n) is 19.4. The minimum atomic E-state index is -1.70. The second-order valence-corrected chi connectivity index (χ2v) is 20.1. The summed E-state index contributed by atoms with van der Waals surface area (Å²) in [6.07, 6.45) is 3.78. The van der Waals surface area contributed by atoms with Crippen LogP contribution in [0.4, 0.5) is 0 Å². The van der Waals surface area contributed by atoms with Gasteiger partial charge >= 0.3 is 0 Å². The number of furan rings is 1. The minimum absolute atomic E-state index is 0. The standard InChI is InChI=1S/C28H24NO.C19H26NSi.Ir/c1-3-19(4-2)22-15-16-29-26(17-22)25-12-8-11-24-23-14-13-21(18-27(23)30-28(24)25)20-9-6-5-7-10-20;1-19(2,3)13-16-12-17(15-10-8-7-9-11-15)20-14-18(16)21(4,5)6;/h5-11,13-19H,3-4H2,1-2H3;7-10,12,14H,13H2,1-6H3;/q2*-1;/i19D;13D2;. The second kappa shape index (κ2) is 16.7. The fraction of sp³-hybridized carbons (Fsp3) is 0.277. The average molecular weight is 882 g/mol. The van der Waals surface area contributed by atoms with Crippen LogP contribution in [-0.2, 0) is 26.5 Å². The Bertz CT molecular complexity index is 2380. The van der Waals surface area contributed by atoms with Gasteiger partial charge in [0.15, 0.2) is 0 Å². The summed E-state index contributed by atoms with van der Waals surface area (Å²) in [5, 5.41) is 3.23. The number of benzene rings is 4. The van der Waals surface area contributed by atoms with Gasteiger partial charge in [0.05, 0.1) is 13.7 Å². The number of rotatable bonds is 8. The van der Waals surface area contributed by atoms with Gasteiger partial charge in [-0.3, -0.25) is 0 Å². The fourth-order valence-electron chi connectivity index (χ4n) is 6.45. The van der Waals surface area contributed by atoms with E-state index in [-0.39, 0.29) is 20.1 Å². The van der Waals surface area contributed by atoms with Crippen LogP contribution < -0.4 is 5.19 Å². The van der Waals surface area contributed by atoms with E-state index in [1.807, 2.05) is 99.8 Å². The van der Waals surface area contributed by atoms with E-state index in [4.69, 9.17) is 8.53 Å². The average Bonchev–Trinajstić information content (AvgIpc) is 3.56. The number of nitrogens with zero attached hydrogens (tertiary/aromatic N) is 2. The van der Waals surface area contributed by atoms with E-state index in [2.05, 4.69) is 85.9 Å². The molecule has 0 bridgehead atoms. The zero-order valence-electron chi connectivity index (χ0n) is 34.5. The van der Waals surface area contributed by atoms with Crippen LogP contribution in [0.15, 0.2) is 120 Å². The molecular weight excluding hydrogens is 829 g/mol. The van der Waals surface area contributed by atoms with Gasteiger partial charge in [-0.25, -0.2) is 0 Å². The summed E-state index contributed by atoms with van der Waals surface area (Å²) in [6, 6.07) is 40.8. The van der Waals surface area contributed by atoms with Gasteiger partial charge in [0.2, 0.25) is 0 Å². The van der Waals surface area contributed by atoms with E-state index in [0.29, 0.717) is 0 Å². The molecule has 3 heterocycles. The van der Waals surface area contributed by atoms with Crippen molar-refractivity contribution in [2.24, 2.45) is 5.41 Å². The van der Waals surface area contributed by atoms with Crippen molar-refractivity contribution in [3.63, 3.8) is 0 Å². The zero-order valence-corrected chi connectivity index (χ0v) is 34.9. The Morgan fingerprint density at radius 3 is 2.21 bits per heavy atom. The molecule has 0 aliphatic heterocycles. The SMILES string of the molecule is [2H]C(CC)(CC)c1ccnc(-c2[c-]ccc3c2oc2cc(-c4ccccc4)ccc23)c1.[2H]C([2H])(c1cc(-c2[c-]cccc2)ncc1[Si](C)(C)C)C(C)(C)C.[Ir]. The van der Waals surface area contributed by atoms with Crippen molar-refractivity contribution < 1.29 is 28.6 Å². The summed E-state index contributed by atoms with van der Waals surface area (Å²) in [5.41, 5.74) is 8.54. The van der Waals surface area contributed by atoms with Crippen LogP contribution >= 0.6 is 0 Å². The van der Waals surface area contributed by atoms with Crippen molar-refractivity contribution in [1.29, 1.82) is 0 Å². The van der Waals surface area contributed by atoms with E-state index in [1.54, 1.807) is 6.20 Å². The number of hydrogen-bond acceptors (Lipinski definition) is 3. The third kappa shape index (κ3) is 9.07.